The Hall–Kier alpha value is -4.13. The summed E-state index contributed by atoms with van der Waals surface area (Å²) in [6.07, 6.45) is 0. The Morgan fingerprint density at radius 3 is 1.74 bits per heavy atom. The number of hydrogen-bond acceptors (Lipinski definition) is 1. The smallest absolute Gasteiger partial charge is 0.456 e. The van der Waals surface area contributed by atoms with Gasteiger partial charge in [0.25, 0.3) is 0 Å². The number of aryl methyl sites for hydroxylation is 1. The summed E-state index contributed by atoms with van der Waals surface area (Å²) in [7, 11) is -6.00. The number of fused-ring (bicyclic) bond motifs is 4. The maximum Gasteiger partial charge on any atom is 0.673 e. The molecule has 0 saturated heterocycles. The molecule has 0 saturated carbocycles. The molecule has 1 aliphatic carbocycles. The van der Waals surface area contributed by atoms with Crippen LogP contribution in [0.4, 0.5) is 28.6 Å². The van der Waals surface area contributed by atoms with E-state index in [0.29, 0.717) is 0 Å². The van der Waals surface area contributed by atoms with Gasteiger partial charge in [0.2, 0.25) is 16.7 Å². The van der Waals surface area contributed by atoms with Gasteiger partial charge in [-0.05, 0) is 36.8 Å². The van der Waals surface area contributed by atoms with Gasteiger partial charge in [-0.15, -0.1) is 0 Å². The Kier molecular flexibility index (Phi) is 5.77. The minimum atomic E-state index is -6.00. The lowest BCUT2D eigenvalue weighted by atomic mass is 10.0. The molecule has 2 heterocycles. The quantitative estimate of drug-likeness (QED) is 0.134. The number of hydrogen-bond donors (Lipinski definition) is 0. The molecule has 0 spiro atoms. The normalized spacial score (nSPS) is 12.1. The zero-order valence-electron chi connectivity index (χ0n) is 18.8. The van der Waals surface area contributed by atoms with Gasteiger partial charge in [0.05, 0.1) is 17.2 Å². The Morgan fingerprint density at radius 1 is 0.600 bits per heavy atom. The minimum Gasteiger partial charge on any atom is -0.456 e. The van der Waals surface area contributed by atoms with Crippen molar-refractivity contribution < 1.29 is 21.7 Å². The summed E-state index contributed by atoms with van der Waals surface area (Å²) >= 11 is 0. The number of halogens is 4. The molecule has 0 atom stereocenters. The predicted molar refractivity (Wildman–Crippen MR) is 132 cm³/mol. The molecule has 0 aromatic heterocycles. The molecule has 3 aromatic rings. The van der Waals surface area contributed by atoms with E-state index in [1.807, 2.05) is 18.2 Å². The lowest BCUT2D eigenvalue weighted by Gasteiger charge is -2.11. The van der Waals surface area contributed by atoms with Crippen LogP contribution >= 0.6 is 0 Å². The third-order valence-electron chi connectivity index (χ3n) is 5.85. The van der Waals surface area contributed by atoms with Crippen LogP contribution in [0, 0.1) is 6.92 Å². The van der Waals surface area contributed by atoms with E-state index in [1.165, 1.54) is 28.1 Å². The molecule has 7 heteroatoms. The summed E-state index contributed by atoms with van der Waals surface area (Å²) < 4.78 is 47.7. The molecular formula is C28H20BF4NO. The van der Waals surface area contributed by atoms with E-state index in [2.05, 4.69) is 96.4 Å². The van der Waals surface area contributed by atoms with Crippen molar-refractivity contribution in [1.29, 1.82) is 0 Å². The van der Waals surface area contributed by atoms with Gasteiger partial charge in [-0.3, -0.25) is 0 Å². The zero-order valence-corrected chi connectivity index (χ0v) is 18.8. The van der Waals surface area contributed by atoms with Crippen LogP contribution in [0.3, 0.4) is 0 Å². The molecule has 3 aliphatic rings. The van der Waals surface area contributed by atoms with E-state index in [9.17, 15) is 17.3 Å². The summed E-state index contributed by atoms with van der Waals surface area (Å²) in [6, 6.07) is 36.1. The third-order valence-corrected chi connectivity index (χ3v) is 5.85. The van der Waals surface area contributed by atoms with Crippen LogP contribution in [0.15, 0.2) is 108 Å². The number of rotatable bonds is 1. The average Bonchev–Trinajstić information content (AvgIpc) is 3.18. The van der Waals surface area contributed by atoms with Crippen LogP contribution in [0.5, 0.6) is 0 Å². The second-order valence-electron chi connectivity index (χ2n) is 8.20. The van der Waals surface area contributed by atoms with Gasteiger partial charge < -0.3 is 21.7 Å². The van der Waals surface area contributed by atoms with Crippen molar-refractivity contribution in [2.24, 2.45) is 0 Å². The number of benzene rings is 4. The van der Waals surface area contributed by atoms with Crippen molar-refractivity contribution in [2.45, 2.75) is 6.92 Å². The highest BCUT2D eigenvalue weighted by Gasteiger charge is 2.31. The highest BCUT2D eigenvalue weighted by molar-refractivity contribution is 6.50. The lowest BCUT2D eigenvalue weighted by molar-refractivity contribution is 0.368. The molecular weight excluding hydrogens is 453 g/mol. The fraction of sp³-hybridized carbons (Fsp3) is 0.0357. The van der Waals surface area contributed by atoms with Crippen LogP contribution in [0.2, 0.25) is 0 Å². The van der Waals surface area contributed by atoms with Gasteiger partial charge in [0, 0.05) is 29.3 Å². The molecule has 0 radical (unpaired) electrons. The molecule has 2 aliphatic heterocycles. The van der Waals surface area contributed by atoms with Crippen molar-refractivity contribution in [1.82, 2.24) is 4.58 Å². The van der Waals surface area contributed by atoms with Crippen LogP contribution < -0.4 is 9.93 Å². The number of nitrogens with zero attached hydrogens (tertiary/aromatic N) is 1. The first kappa shape index (κ1) is 22.7. The highest BCUT2D eigenvalue weighted by atomic mass is 19.5. The van der Waals surface area contributed by atoms with Crippen molar-refractivity contribution in [3.63, 3.8) is 0 Å². The van der Waals surface area contributed by atoms with Crippen molar-refractivity contribution in [3.05, 3.63) is 114 Å². The zero-order chi connectivity index (χ0) is 24.6. The predicted octanol–water partition coefficient (Wildman–Crippen LogP) is 8.08. The fourth-order valence-corrected chi connectivity index (χ4v) is 4.43. The molecule has 0 amide bonds. The molecule has 0 fully saturated rings. The van der Waals surface area contributed by atoms with E-state index < -0.39 is 7.25 Å². The SMILES string of the molecule is Cc1cc(-c2ccccc2)oc2cc(=[N+]3c4ccccc4-c4ccccc43)ccc1-2.F[B-](F)(F)F. The van der Waals surface area contributed by atoms with Gasteiger partial charge in [-0.2, -0.15) is 4.58 Å². The Morgan fingerprint density at radius 2 is 1.14 bits per heavy atom. The molecule has 0 unspecified atom stereocenters. The van der Waals surface area contributed by atoms with Crippen LogP contribution in [-0.4, -0.2) is 7.25 Å². The first-order chi connectivity index (χ1) is 16.8. The van der Waals surface area contributed by atoms with E-state index in [4.69, 9.17) is 4.42 Å². The van der Waals surface area contributed by atoms with Crippen LogP contribution in [-0.2, 0) is 0 Å². The molecule has 0 bridgehead atoms. The molecule has 2 nitrogen and oxygen atoms in total. The topological polar surface area (TPSA) is 16.1 Å². The van der Waals surface area contributed by atoms with Crippen molar-refractivity contribution >= 4 is 18.6 Å². The molecule has 0 N–H and O–H groups in total. The lowest BCUT2D eigenvalue weighted by Crippen LogP contribution is -2.19. The largest absolute Gasteiger partial charge is 0.673 e. The first-order valence-electron chi connectivity index (χ1n) is 11.1. The standard InChI is InChI=1S/C28H20NO.BF4/c1-19-17-27(20-9-3-2-4-10-20)30-28-18-21(15-16-22(19)28)29-25-13-7-5-11-23(25)24-12-6-8-14-26(24)29;2-1(3,4)5/h2-18H,1H3;/q+1;-1. The van der Waals surface area contributed by atoms with Gasteiger partial charge in [-0.25, -0.2) is 0 Å². The monoisotopic (exact) mass is 473 g/mol. The van der Waals surface area contributed by atoms with Gasteiger partial charge in [0.1, 0.15) is 11.5 Å². The maximum atomic E-state index is 9.75. The van der Waals surface area contributed by atoms with Crippen LogP contribution in [0.1, 0.15) is 5.56 Å². The van der Waals surface area contributed by atoms with E-state index in [1.54, 1.807) is 0 Å². The molecule has 174 valence electrons. The van der Waals surface area contributed by atoms with Crippen LogP contribution in [0.25, 0.3) is 33.8 Å². The Balaban J connectivity index is 0.000000464. The summed E-state index contributed by atoms with van der Waals surface area (Å²) in [5.74, 6) is 1.79. The van der Waals surface area contributed by atoms with E-state index >= 15 is 0 Å². The molecule has 6 rings (SSSR count). The number of para-hydroxylation sites is 2. The van der Waals surface area contributed by atoms with Gasteiger partial charge >= 0.3 is 7.25 Å². The Labute approximate surface area is 199 Å². The van der Waals surface area contributed by atoms with Crippen molar-refractivity contribution in [2.75, 3.05) is 0 Å². The summed E-state index contributed by atoms with van der Waals surface area (Å²) in [5.41, 5.74) is 8.37. The maximum absolute atomic E-state index is 9.75. The highest BCUT2D eigenvalue weighted by Crippen LogP contribution is 2.44. The second-order valence-corrected chi connectivity index (χ2v) is 8.20. The second kappa shape index (κ2) is 8.91. The fourth-order valence-electron chi connectivity index (χ4n) is 4.43. The Bertz CT molecular complexity index is 1500. The van der Waals surface area contributed by atoms with Crippen molar-refractivity contribution in [3.8, 4) is 33.8 Å². The molecule has 35 heavy (non-hydrogen) atoms. The van der Waals surface area contributed by atoms with E-state index in [0.717, 1.165) is 28.0 Å². The summed E-state index contributed by atoms with van der Waals surface area (Å²) in [4.78, 5) is 0. The third kappa shape index (κ3) is 4.62. The average molecular weight is 473 g/mol. The van der Waals surface area contributed by atoms with Gasteiger partial charge in [-0.1, -0.05) is 54.6 Å². The minimum absolute atomic E-state index is 0.889. The summed E-state index contributed by atoms with van der Waals surface area (Å²) in [5, 5.41) is 1.10. The summed E-state index contributed by atoms with van der Waals surface area (Å²) in [6.45, 7) is 2.14. The first-order valence-corrected chi connectivity index (χ1v) is 11.1. The van der Waals surface area contributed by atoms with E-state index in [-0.39, 0.29) is 0 Å². The molecule has 3 aromatic carbocycles. The van der Waals surface area contributed by atoms with Gasteiger partial charge in [0.15, 0.2) is 0 Å².